The summed E-state index contributed by atoms with van der Waals surface area (Å²) in [5, 5.41) is 8.99. The normalized spacial score (nSPS) is 25.1. The largest absolute Gasteiger partial charge is 0.478 e. The molecular formula is C12H9NO3. The third-order valence-electron chi connectivity index (χ3n) is 2.72. The lowest BCUT2D eigenvalue weighted by Gasteiger charge is -2.36. The highest BCUT2D eigenvalue weighted by atomic mass is 16.5. The van der Waals surface area contributed by atoms with Gasteiger partial charge in [-0.15, -0.1) is 0 Å². The minimum Gasteiger partial charge on any atom is -0.478 e. The van der Waals surface area contributed by atoms with Crippen molar-refractivity contribution < 1.29 is 14.6 Å². The fraction of sp³-hybridized carbons (Fsp3) is 0.0833. The second-order valence-corrected chi connectivity index (χ2v) is 3.71. The maximum Gasteiger partial charge on any atom is 0.337 e. The van der Waals surface area contributed by atoms with Gasteiger partial charge in [-0.2, -0.15) is 0 Å². The fourth-order valence-corrected chi connectivity index (χ4v) is 2.02. The Balaban J connectivity index is 2.11. The van der Waals surface area contributed by atoms with E-state index in [4.69, 9.17) is 9.84 Å². The number of carboxylic acid groups (broad SMARTS) is 1. The zero-order valence-corrected chi connectivity index (χ0v) is 8.33. The number of carboxylic acids is 1. The van der Waals surface area contributed by atoms with E-state index in [9.17, 15) is 4.79 Å². The summed E-state index contributed by atoms with van der Waals surface area (Å²) in [6.45, 7) is 0. The molecule has 1 unspecified atom stereocenters. The van der Waals surface area contributed by atoms with Crippen LogP contribution in [0, 0.1) is 0 Å². The molecule has 3 aliphatic rings. The third kappa shape index (κ3) is 1.20. The molecule has 0 saturated heterocycles. The number of aliphatic carboxylic acids is 1. The van der Waals surface area contributed by atoms with Crippen molar-refractivity contribution in [1.29, 1.82) is 0 Å². The summed E-state index contributed by atoms with van der Waals surface area (Å²) in [7, 11) is 0. The van der Waals surface area contributed by atoms with E-state index in [-0.39, 0.29) is 11.6 Å². The third-order valence-corrected chi connectivity index (χ3v) is 2.72. The monoisotopic (exact) mass is 215 g/mol. The molecule has 80 valence electrons. The number of carbonyl (C=O) groups is 1. The van der Waals surface area contributed by atoms with Crippen molar-refractivity contribution >= 4 is 5.97 Å². The minimum atomic E-state index is -0.921. The summed E-state index contributed by atoms with van der Waals surface area (Å²) in [5.74, 6) is -0.104. The van der Waals surface area contributed by atoms with Crippen LogP contribution in [-0.2, 0) is 9.53 Å². The van der Waals surface area contributed by atoms with E-state index >= 15 is 0 Å². The summed E-state index contributed by atoms with van der Waals surface area (Å²) < 4.78 is 5.38. The van der Waals surface area contributed by atoms with Gasteiger partial charge in [0.05, 0.1) is 11.8 Å². The average molecular weight is 215 g/mol. The highest BCUT2D eigenvalue weighted by Crippen LogP contribution is 2.33. The molecule has 3 rings (SSSR count). The number of hydrogen-bond acceptors (Lipinski definition) is 3. The van der Waals surface area contributed by atoms with Gasteiger partial charge >= 0.3 is 5.97 Å². The number of nitrogens with zero attached hydrogens (tertiary/aromatic N) is 1. The van der Waals surface area contributed by atoms with Gasteiger partial charge in [-0.05, 0) is 29.9 Å². The predicted octanol–water partition coefficient (Wildman–Crippen LogP) is 1.52. The van der Waals surface area contributed by atoms with Gasteiger partial charge in [-0.25, -0.2) is 4.79 Å². The molecule has 0 aliphatic carbocycles. The summed E-state index contributed by atoms with van der Waals surface area (Å²) in [6.07, 6.45) is 12.2. The first kappa shape index (κ1) is 9.03. The van der Waals surface area contributed by atoms with Gasteiger partial charge in [0.25, 0.3) is 0 Å². The lowest BCUT2D eigenvalue weighted by molar-refractivity contribution is -0.132. The van der Waals surface area contributed by atoms with Crippen molar-refractivity contribution in [3.05, 3.63) is 59.9 Å². The summed E-state index contributed by atoms with van der Waals surface area (Å²) >= 11 is 0. The maximum absolute atomic E-state index is 11.0. The first-order valence-electron chi connectivity index (χ1n) is 4.91. The Kier molecular flexibility index (Phi) is 1.77. The van der Waals surface area contributed by atoms with Crippen molar-refractivity contribution in [2.75, 3.05) is 0 Å². The minimum absolute atomic E-state index is 0.0156. The second-order valence-electron chi connectivity index (χ2n) is 3.71. The van der Waals surface area contributed by atoms with Crippen LogP contribution in [0.4, 0.5) is 0 Å². The Hall–Kier alpha value is -2.23. The number of ether oxygens (including phenoxy) is 1. The van der Waals surface area contributed by atoms with Crippen LogP contribution in [0.1, 0.15) is 0 Å². The van der Waals surface area contributed by atoms with Gasteiger partial charge in [0.15, 0.2) is 0 Å². The van der Waals surface area contributed by atoms with E-state index in [1.165, 1.54) is 0 Å². The highest BCUT2D eigenvalue weighted by molar-refractivity contribution is 5.90. The molecule has 1 atom stereocenters. The van der Waals surface area contributed by atoms with E-state index in [0.29, 0.717) is 0 Å². The first-order valence-corrected chi connectivity index (χ1v) is 4.91. The van der Waals surface area contributed by atoms with Gasteiger partial charge in [0, 0.05) is 12.4 Å². The second kappa shape index (κ2) is 3.13. The van der Waals surface area contributed by atoms with Gasteiger partial charge < -0.3 is 14.7 Å². The number of allylic oxidation sites excluding steroid dienone is 2. The predicted molar refractivity (Wildman–Crippen MR) is 56.9 cm³/mol. The molecule has 0 aromatic rings. The molecular weight excluding hydrogens is 206 g/mol. The van der Waals surface area contributed by atoms with Crippen LogP contribution in [0.3, 0.4) is 0 Å². The van der Waals surface area contributed by atoms with Crippen molar-refractivity contribution in [3.8, 4) is 0 Å². The summed E-state index contributed by atoms with van der Waals surface area (Å²) in [4.78, 5) is 12.8. The molecule has 16 heavy (non-hydrogen) atoms. The molecule has 0 radical (unpaired) electrons. The van der Waals surface area contributed by atoms with Gasteiger partial charge in [-0.3, -0.25) is 0 Å². The fourth-order valence-electron chi connectivity index (χ4n) is 2.02. The molecule has 0 saturated carbocycles. The SMILES string of the molecule is O=C(O)C1=CN2C=CC=C3OC=CC(=C1)C32. The van der Waals surface area contributed by atoms with Crippen LogP contribution in [0.2, 0.25) is 0 Å². The van der Waals surface area contributed by atoms with E-state index in [2.05, 4.69) is 0 Å². The van der Waals surface area contributed by atoms with Crippen molar-refractivity contribution in [2.24, 2.45) is 0 Å². The zero-order valence-electron chi connectivity index (χ0n) is 8.33. The molecule has 0 amide bonds. The van der Waals surface area contributed by atoms with Crippen LogP contribution >= 0.6 is 0 Å². The Morgan fingerprint density at radius 1 is 1.50 bits per heavy atom. The molecule has 4 nitrogen and oxygen atoms in total. The van der Waals surface area contributed by atoms with Crippen LogP contribution in [0.5, 0.6) is 0 Å². The Morgan fingerprint density at radius 3 is 3.19 bits per heavy atom. The molecule has 4 heteroatoms. The number of hydrogen-bond donors (Lipinski definition) is 1. The van der Waals surface area contributed by atoms with Crippen LogP contribution in [0.15, 0.2) is 59.9 Å². The molecule has 0 aromatic carbocycles. The van der Waals surface area contributed by atoms with Gasteiger partial charge in [-0.1, -0.05) is 0 Å². The molecule has 0 spiro atoms. The quantitative estimate of drug-likeness (QED) is 0.720. The first-order chi connectivity index (χ1) is 7.75. The van der Waals surface area contributed by atoms with Crippen molar-refractivity contribution in [3.63, 3.8) is 0 Å². The molecule has 0 bridgehead atoms. The molecule has 3 aliphatic heterocycles. The van der Waals surface area contributed by atoms with E-state index in [0.717, 1.165) is 11.3 Å². The lowest BCUT2D eigenvalue weighted by Crippen LogP contribution is -2.36. The van der Waals surface area contributed by atoms with Crippen LogP contribution in [0.25, 0.3) is 0 Å². The van der Waals surface area contributed by atoms with Crippen LogP contribution < -0.4 is 0 Å². The Labute approximate surface area is 92.1 Å². The molecule has 0 aromatic heterocycles. The van der Waals surface area contributed by atoms with Gasteiger partial charge in [0.1, 0.15) is 11.8 Å². The summed E-state index contributed by atoms with van der Waals surface area (Å²) in [6, 6.07) is -0.0156. The van der Waals surface area contributed by atoms with E-state index in [1.807, 2.05) is 23.3 Å². The summed E-state index contributed by atoms with van der Waals surface area (Å²) in [5.41, 5.74) is 1.21. The van der Waals surface area contributed by atoms with Crippen molar-refractivity contribution in [1.82, 2.24) is 4.90 Å². The smallest absolute Gasteiger partial charge is 0.337 e. The van der Waals surface area contributed by atoms with Gasteiger partial charge in [0.2, 0.25) is 0 Å². The Bertz CT molecular complexity index is 508. The molecule has 3 heterocycles. The zero-order chi connectivity index (χ0) is 11.1. The standard InChI is InChI=1S/C12H9NO3/c14-12(15)9-6-8-3-5-16-10-2-1-4-13(7-9)11(8)10/h1-7,11H,(H,14,15). The molecule has 0 fully saturated rings. The number of rotatable bonds is 1. The van der Waals surface area contributed by atoms with Crippen molar-refractivity contribution in [2.45, 2.75) is 6.04 Å². The topological polar surface area (TPSA) is 49.8 Å². The maximum atomic E-state index is 11.0. The van der Waals surface area contributed by atoms with Crippen LogP contribution in [-0.4, -0.2) is 22.0 Å². The Morgan fingerprint density at radius 2 is 2.38 bits per heavy atom. The average Bonchev–Trinajstić information content (AvgIpc) is 2.29. The van der Waals surface area contributed by atoms with E-state index in [1.54, 1.807) is 24.6 Å². The lowest BCUT2D eigenvalue weighted by atomic mass is 9.94. The highest BCUT2D eigenvalue weighted by Gasteiger charge is 2.31. The van der Waals surface area contributed by atoms with E-state index < -0.39 is 5.97 Å². The molecule has 1 N–H and O–H groups in total.